The summed E-state index contributed by atoms with van der Waals surface area (Å²) in [6, 6.07) is 30.8. The van der Waals surface area contributed by atoms with Gasteiger partial charge in [0.15, 0.2) is 0 Å². The third kappa shape index (κ3) is 10.2. The highest BCUT2D eigenvalue weighted by molar-refractivity contribution is 5.47. The van der Waals surface area contributed by atoms with Gasteiger partial charge in [0.05, 0.1) is 13.2 Å². The van der Waals surface area contributed by atoms with Crippen LogP contribution < -0.4 is 0 Å². The topological polar surface area (TPSA) is 38.7 Å². The highest BCUT2D eigenvalue weighted by atomic mass is 16.5. The average molecular weight is 545 g/mol. The number of hydrogen-bond acceptors (Lipinski definition) is 3. The molecule has 0 aliphatic rings. The largest absolute Gasteiger partial charge is 0.388 e. The van der Waals surface area contributed by atoms with Crippen LogP contribution in [0.3, 0.4) is 0 Å². The highest BCUT2D eigenvalue weighted by Gasteiger charge is 2.38. The minimum absolute atomic E-state index is 0.170. The van der Waals surface area contributed by atoms with Crippen molar-refractivity contribution < 1.29 is 14.6 Å². The molecule has 0 spiro atoms. The van der Waals surface area contributed by atoms with Gasteiger partial charge in [0.25, 0.3) is 0 Å². The SMILES string of the molecule is CC(C)CCCC(C)CCCC(C)CCOCC(O)COC(c1ccccc1)(c1ccccc1)c1ccccc1. The van der Waals surface area contributed by atoms with Crippen LogP contribution in [0, 0.1) is 17.8 Å². The number of aliphatic hydroxyl groups excluding tert-OH is 1. The van der Waals surface area contributed by atoms with Gasteiger partial charge in [-0.2, -0.15) is 0 Å². The van der Waals surface area contributed by atoms with Crippen molar-refractivity contribution in [1.82, 2.24) is 0 Å². The average Bonchev–Trinajstić information content (AvgIpc) is 2.97. The normalized spacial score (nSPS) is 14.2. The minimum atomic E-state index is -0.828. The quantitative estimate of drug-likeness (QED) is 0.121. The van der Waals surface area contributed by atoms with E-state index < -0.39 is 11.7 Å². The standard InChI is InChI=1S/C37H52O3/c1-30(2)16-14-17-31(3)18-15-19-32(4)26-27-39-28-36(38)29-40-37(33-20-8-5-9-21-33,34-22-10-6-11-23-34)35-24-12-7-13-25-35/h5-13,20-25,30-32,36,38H,14-19,26-29H2,1-4H3. The molecular formula is C37H52O3. The number of hydrogen-bond donors (Lipinski definition) is 1. The van der Waals surface area contributed by atoms with Crippen LogP contribution in [-0.2, 0) is 15.1 Å². The maximum Gasteiger partial charge on any atom is 0.143 e. The van der Waals surface area contributed by atoms with E-state index in [1.54, 1.807) is 0 Å². The first-order valence-electron chi connectivity index (χ1n) is 15.5. The molecule has 0 heterocycles. The van der Waals surface area contributed by atoms with Gasteiger partial charge in [-0.3, -0.25) is 0 Å². The maximum absolute atomic E-state index is 10.9. The van der Waals surface area contributed by atoms with E-state index in [0.29, 0.717) is 12.5 Å². The molecule has 218 valence electrons. The van der Waals surface area contributed by atoms with E-state index in [-0.39, 0.29) is 13.2 Å². The van der Waals surface area contributed by atoms with Gasteiger partial charge < -0.3 is 14.6 Å². The lowest BCUT2D eigenvalue weighted by Gasteiger charge is -2.36. The first-order valence-corrected chi connectivity index (χ1v) is 15.5. The van der Waals surface area contributed by atoms with Crippen LogP contribution >= 0.6 is 0 Å². The number of benzene rings is 3. The van der Waals surface area contributed by atoms with Gasteiger partial charge in [0.1, 0.15) is 11.7 Å². The summed E-state index contributed by atoms with van der Waals surface area (Å²) in [7, 11) is 0. The summed E-state index contributed by atoms with van der Waals surface area (Å²) < 4.78 is 12.6. The third-order valence-corrected chi connectivity index (χ3v) is 7.97. The predicted molar refractivity (Wildman–Crippen MR) is 167 cm³/mol. The Balaban J connectivity index is 1.50. The summed E-state index contributed by atoms with van der Waals surface area (Å²) in [4.78, 5) is 0. The zero-order valence-corrected chi connectivity index (χ0v) is 25.3. The van der Waals surface area contributed by atoms with Crippen molar-refractivity contribution in [2.75, 3.05) is 19.8 Å². The molecule has 1 N–H and O–H groups in total. The van der Waals surface area contributed by atoms with Crippen LogP contribution in [0.1, 0.15) is 89.3 Å². The zero-order chi connectivity index (χ0) is 28.6. The smallest absolute Gasteiger partial charge is 0.143 e. The van der Waals surface area contributed by atoms with Gasteiger partial charge in [-0.05, 0) is 40.9 Å². The maximum atomic E-state index is 10.9. The van der Waals surface area contributed by atoms with Crippen molar-refractivity contribution in [2.24, 2.45) is 17.8 Å². The van der Waals surface area contributed by atoms with Crippen molar-refractivity contribution in [2.45, 2.75) is 84.3 Å². The van der Waals surface area contributed by atoms with E-state index >= 15 is 0 Å². The first-order chi connectivity index (χ1) is 19.4. The van der Waals surface area contributed by atoms with Crippen LogP contribution in [0.25, 0.3) is 0 Å². The third-order valence-electron chi connectivity index (χ3n) is 7.97. The van der Waals surface area contributed by atoms with Gasteiger partial charge in [0, 0.05) is 6.61 Å². The first kappa shape index (κ1) is 32.1. The van der Waals surface area contributed by atoms with E-state index in [2.05, 4.69) is 64.1 Å². The van der Waals surface area contributed by atoms with Crippen molar-refractivity contribution >= 4 is 0 Å². The molecule has 0 fully saturated rings. The molecule has 0 radical (unpaired) electrons. The molecule has 0 amide bonds. The Hall–Kier alpha value is -2.46. The zero-order valence-electron chi connectivity index (χ0n) is 25.3. The van der Waals surface area contributed by atoms with E-state index in [0.717, 1.165) is 34.9 Å². The molecule has 3 aromatic carbocycles. The van der Waals surface area contributed by atoms with E-state index in [1.807, 2.05) is 54.6 Å². The summed E-state index contributed by atoms with van der Waals surface area (Å²) >= 11 is 0. The molecule has 0 bridgehead atoms. The molecule has 40 heavy (non-hydrogen) atoms. The molecule has 3 rings (SSSR count). The molecule has 3 unspecified atom stereocenters. The van der Waals surface area contributed by atoms with Gasteiger partial charge in [0.2, 0.25) is 0 Å². The van der Waals surface area contributed by atoms with Gasteiger partial charge >= 0.3 is 0 Å². The second-order valence-corrected chi connectivity index (χ2v) is 12.1. The molecule has 0 aliphatic carbocycles. The van der Waals surface area contributed by atoms with E-state index in [4.69, 9.17) is 9.47 Å². The summed E-state index contributed by atoms with van der Waals surface area (Å²) in [5.41, 5.74) is 2.27. The summed E-state index contributed by atoms with van der Waals surface area (Å²) in [5.74, 6) is 2.28. The molecule has 3 atom stereocenters. The Labute approximate surface area is 244 Å². The number of ether oxygens (including phenoxy) is 2. The van der Waals surface area contributed by atoms with Crippen molar-refractivity contribution in [1.29, 1.82) is 0 Å². The van der Waals surface area contributed by atoms with Crippen molar-refractivity contribution in [3.63, 3.8) is 0 Å². The van der Waals surface area contributed by atoms with Crippen molar-refractivity contribution in [3.05, 3.63) is 108 Å². The van der Waals surface area contributed by atoms with Crippen LogP contribution in [0.5, 0.6) is 0 Å². The number of rotatable bonds is 19. The van der Waals surface area contributed by atoms with Crippen LogP contribution in [0.2, 0.25) is 0 Å². The molecule has 0 aliphatic heterocycles. The summed E-state index contributed by atoms with van der Waals surface area (Å²) in [5, 5.41) is 10.9. The molecule has 0 aromatic heterocycles. The van der Waals surface area contributed by atoms with Crippen LogP contribution in [-0.4, -0.2) is 31.0 Å². The lowest BCUT2D eigenvalue weighted by atomic mass is 9.80. The Bertz CT molecular complexity index is 938. The molecule has 3 heteroatoms. The van der Waals surface area contributed by atoms with Crippen LogP contribution in [0.4, 0.5) is 0 Å². The van der Waals surface area contributed by atoms with Gasteiger partial charge in [-0.1, -0.05) is 157 Å². The number of aliphatic hydroxyl groups is 1. The molecule has 0 saturated carbocycles. The Morgan fingerprint density at radius 3 is 1.45 bits per heavy atom. The fraction of sp³-hybridized carbons (Fsp3) is 0.514. The lowest BCUT2D eigenvalue weighted by molar-refractivity contribution is -0.0647. The van der Waals surface area contributed by atoms with Crippen molar-refractivity contribution in [3.8, 4) is 0 Å². The Morgan fingerprint density at radius 1 is 0.575 bits per heavy atom. The van der Waals surface area contributed by atoms with Crippen LogP contribution in [0.15, 0.2) is 91.0 Å². The highest BCUT2D eigenvalue weighted by Crippen LogP contribution is 2.40. The van der Waals surface area contributed by atoms with E-state index in [1.165, 1.54) is 38.5 Å². The van der Waals surface area contributed by atoms with Gasteiger partial charge in [-0.25, -0.2) is 0 Å². The second kappa shape index (κ2) is 17.4. The predicted octanol–water partition coefficient (Wildman–Crippen LogP) is 9.03. The fourth-order valence-corrected chi connectivity index (χ4v) is 5.52. The van der Waals surface area contributed by atoms with Gasteiger partial charge in [-0.15, -0.1) is 0 Å². The Kier molecular flexibility index (Phi) is 13.9. The summed E-state index contributed by atoms with van der Waals surface area (Å²) in [6.45, 7) is 10.5. The monoisotopic (exact) mass is 544 g/mol. The second-order valence-electron chi connectivity index (χ2n) is 12.1. The summed E-state index contributed by atoms with van der Waals surface area (Å²) in [6.07, 6.45) is 8.24. The Morgan fingerprint density at radius 2 is 1.00 bits per heavy atom. The molecule has 3 aromatic rings. The molecule has 0 saturated heterocycles. The minimum Gasteiger partial charge on any atom is -0.388 e. The van der Waals surface area contributed by atoms with E-state index in [9.17, 15) is 5.11 Å². The fourth-order valence-electron chi connectivity index (χ4n) is 5.52. The lowest BCUT2D eigenvalue weighted by Crippen LogP contribution is -2.36. The molecular weight excluding hydrogens is 492 g/mol. The molecule has 3 nitrogen and oxygen atoms in total.